The summed E-state index contributed by atoms with van der Waals surface area (Å²) in [5.41, 5.74) is 1.47. The first-order valence-corrected chi connectivity index (χ1v) is 10.9. The van der Waals surface area contributed by atoms with E-state index in [0.717, 1.165) is 19.3 Å². The third-order valence-corrected chi connectivity index (χ3v) is 6.96. The largest absolute Gasteiger partial charge is 0.497 e. The predicted octanol–water partition coefficient (Wildman–Crippen LogP) is 3.44. The number of nitrogens with one attached hydrogen (secondary N) is 1. The van der Waals surface area contributed by atoms with Gasteiger partial charge in [-0.25, -0.2) is 8.42 Å². The molecule has 0 saturated carbocycles. The van der Waals surface area contributed by atoms with E-state index in [1.807, 2.05) is 0 Å². The lowest BCUT2D eigenvalue weighted by atomic mass is 10.1. The summed E-state index contributed by atoms with van der Waals surface area (Å²) in [6.45, 7) is 2.80. The fourth-order valence-corrected chi connectivity index (χ4v) is 4.90. The molecule has 3 rings (SSSR count). The Kier molecular flexibility index (Phi) is 6.44. The van der Waals surface area contributed by atoms with Crippen LogP contribution >= 0.6 is 0 Å². The summed E-state index contributed by atoms with van der Waals surface area (Å²) >= 11 is 0. The van der Waals surface area contributed by atoms with E-state index < -0.39 is 15.9 Å². The van der Waals surface area contributed by atoms with Crippen molar-refractivity contribution in [2.24, 2.45) is 0 Å². The lowest BCUT2D eigenvalue weighted by Crippen LogP contribution is -2.35. The second-order valence-corrected chi connectivity index (χ2v) is 8.90. The molecule has 0 aromatic heterocycles. The number of sulfonamides is 1. The summed E-state index contributed by atoms with van der Waals surface area (Å²) in [7, 11) is -0.570. The van der Waals surface area contributed by atoms with E-state index in [1.165, 1.54) is 17.5 Å². The quantitative estimate of drug-likeness (QED) is 0.777. The van der Waals surface area contributed by atoms with Crippen LogP contribution in [0.3, 0.4) is 0 Å². The predicted molar refractivity (Wildman–Crippen MR) is 111 cm³/mol. The number of methoxy groups -OCH3 is 2. The van der Waals surface area contributed by atoms with Crippen LogP contribution in [0.2, 0.25) is 0 Å². The molecule has 1 saturated heterocycles. The molecule has 1 heterocycles. The van der Waals surface area contributed by atoms with E-state index >= 15 is 0 Å². The molecule has 2 aromatic carbocycles. The van der Waals surface area contributed by atoms with Gasteiger partial charge in [0.25, 0.3) is 5.91 Å². The van der Waals surface area contributed by atoms with Crippen molar-refractivity contribution in [1.82, 2.24) is 4.31 Å². The van der Waals surface area contributed by atoms with E-state index in [2.05, 4.69) is 5.32 Å². The molecule has 1 aliphatic rings. The van der Waals surface area contributed by atoms with Gasteiger partial charge in [0, 0.05) is 24.7 Å². The molecule has 0 spiro atoms. The number of carbonyl (C=O) groups excluding carboxylic acids is 1. The Morgan fingerprint density at radius 3 is 2.38 bits per heavy atom. The van der Waals surface area contributed by atoms with Crippen LogP contribution in [0, 0.1) is 6.92 Å². The number of carbonyl (C=O) groups is 1. The Labute approximate surface area is 171 Å². The maximum absolute atomic E-state index is 13.0. The molecule has 1 N–H and O–H groups in total. The van der Waals surface area contributed by atoms with Gasteiger partial charge >= 0.3 is 0 Å². The number of nitrogens with zero attached hydrogens (tertiary/aromatic N) is 1. The topological polar surface area (TPSA) is 84.9 Å². The molecule has 0 atom stereocenters. The Morgan fingerprint density at radius 2 is 1.72 bits per heavy atom. The Bertz CT molecular complexity index is 998. The van der Waals surface area contributed by atoms with Crippen LogP contribution < -0.4 is 14.8 Å². The average Bonchev–Trinajstić information content (AvgIpc) is 2.74. The SMILES string of the molecule is COc1ccc(NC(=O)c2cc(S(=O)(=O)N3CCCCC3)ccc2C)c(OC)c1. The van der Waals surface area contributed by atoms with Gasteiger partial charge in [-0.15, -0.1) is 0 Å². The van der Waals surface area contributed by atoms with Crippen LogP contribution in [0.4, 0.5) is 5.69 Å². The van der Waals surface area contributed by atoms with Gasteiger partial charge in [-0.05, 0) is 49.6 Å². The number of amides is 1. The van der Waals surface area contributed by atoms with Gasteiger partial charge in [0.2, 0.25) is 10.0 Å². The first-order valence-electron chi connectivity index (χ1n) is 9.51. The van der Waals surface area contributed by atoms with Gasteiger partial charge in [-0.1, -0.05) is 12.5 Å². The van der Waals surface area contributed by atoms with Crippen molar-refractivity contribution in [2.75, 3.05) is 32.6 Å². The van der Waals surface area contributed by atoms with Crippen molar-refractivity contribution in [3.05, 3.63) is 47.5 Å². The zero-order valence-corrected chi connectivity index (χ0v) is 17.7. The molecule has 1 amide bonds. The standard InChI is InChI=1S/C21H26N2O5S/c1-15-7-9-17(29(25,26)23-11-5-4-6-12-23)14-18(15)21(24)22-19-10-8-16(27-2)13-20(19)28-3/h7-10,13-14H,4-6,11-12H2,1-3H3,(H,22,24). The Balaban J connectivity index is 1.89. The van der Waals surface area contributed by atoms with E-state index in [1.54, 1.807) is 44.4 Å². The number of hydrogen-bond donors (Lipinski definition) is 1. The second kappa shape index (κ2) is 8.84. The molecule has 1 aliphatic heterocycles. The monoisotopic (exact) mass is 418 g/mol. The lowest BCUT2D eigenvalue weighted by molar-refractivity contribution is 0.102. The lowest BCUT2D eigenvalue weighted by Gasteiger charge is -2.26. The van der Waals surface area contributed by atoms with Crippen LogP contribution in [0.25, 0.3) is 0 Å². The zero-order chi connectivity index (χ0) is 21.0. The number of ether oxygens (including phenoxy) is 2. The summed E-state index contributed by atoms with van der Waals surface area (Å²) in [6, 6.07) is 9.73. The highest BCUT2D eigenvalue weighted by Gasteiger charge is 2.27. The third kappa shape index (κ3) is 4.54. The van der Waals surface area contributed by atoms with Crippen molar-refractivity contribution in [3.63, 3.8) is 0 Å². The first kappa shape index (κ1) is 21.1. The summed E-state index contributed by atoms with van der Waals surface area (Å²) < 4.78 is 37.9. The molecule has 1 fully saturated rings. The molecule has 0 aliphatic carbocycles. The van der Waals surface area contributed by atoms with E-state index in [4.69, 9.17) is 9.47 Å². The van der Waals surface area contributed by atoms with Crippen molar-refractivity contribution in [2.45, 2.75) is 31.1 Å². The fraction of sp³-hybridized carbons (Fsp3) is 0.381. The Morgan fingerprint density at radius 1 is 1.00 bits per heavy atom. The van der Waals surface area contributed by atoms with Crippen LogP contribution in [0.15, 0.2) is 41.3 Å². The number of rotatable bonds is 6. The van der Waals surface area contributed by atoms with Crippen LogP contribution in [-0.2, 0) is 10.0 Å². The van der Waals surface area contributed by atoms with Crippen molar-refractivity contribution in [3.8, 4) is 11.5 Å². The molecule has 156 valence electrons. The summed E-state index contributed by atoms with van der Waals surface area (Å²) in [5, 5.41) is 2.80. The van der Waals surface area contributed by atoms with Gasteiger partial charge in [0.05, 0.1) is 24.8 Å². The third-order valence-electron chi connectivity index (χ3n) is 5.06. The molecule has 29 heavy (non-hydrogen) atoms. The van der Waals surface area contributed by atoms with Gasteiger partial charge < -0.3 is 14.8 Å². The summed E-state index contributed by atoms with van der Waals surface area (Å²) in [5.74, 6) is 0.653. The van der Waals surface area contributed by atoms with Gasteiger partial charge in [0.15, 0.2) is 0 Å². The first-order chi connectivity index (χ1) is 13.9. The second-order valence-electron chi connectivity index (χ2n) is 6.96. The Hall–Kier alpha value is -2.58. The normalized spacial score (nSPS) is 15.0. The van der Waals surface area contributed by atoms with Crippen molar-refractivity contribution < 1.29 is 22.7 Å². The molecule has 8 heteroatoms. The molecular weight excluding hydrogens is 392 g/mol. The molecule has 0 unspecified atom stereocenters. The number of hydrogen-bond acceptors (Lipinski definition) is 5. The average molecular weight is 419 g/mol. The van der Waals surface area contributed by atoms with Crippen LogP contribution in [0.5, 0.6) is 11.5 Å². The van der Waals surface area contributed by atoms with Crippen LogP contribution in [0.1, 0.15) is 35.2 Å². The maximum Gasteiger partial charge on any atom is 0.256 e. The minimum atomic E-state index is -3.62. The fourth-order valence-electron chi connectivity index (χ4n) is 3.35. The van der Waals surface area contributed by atoms with E-state index in [0.29, 0.717) is 41.4 Å². The molecular formula is C21H26N2O5S. The van der Waals surface area contributed by atoms with Crippen molar-refractivity contribution in [1.29, 1.82) is 0 Å². The van der Waals surface area contributed by atoms with Crippen LogP contribution in [-0.4, -0.2) is 45.9 Å². The summed E-state index contributed by atoms with van der Waals surface area (Å²) in [6.07, 6.45) is 2.75. The van der Waals surface area contributed by atoms with Gasteiger partial charge in [-0.2, -0.15) is 4.31 Å². The van der Waals surface area contributed by atoms with E-state index in [9.17, 15) is 13.2 Å². The molecule has 0 radical (unpaired) electrons. The van der Waals surface area contributed by atoms with Gasteiger partial charge in [0.1, 0.15) is 11.5 Å². The number of piperidine rings is 1. The molecule has 0 bridgehead atoms. The molecule has 7 nitrogen and oxygen atoms in total. The zero-order valence-electron chi connectivity index (χ0n) is 16.9. The highest BCUT2D eigenvalue weighted by molar-refractivity contribution is 7.89. The smallest absolute Gasteiger partial charge is 0.256 e. The summed E-state index contributed by atoms with van der Waals surface area (Å²) in [4.78, 5) is 13.0. The minimum absolute atomic E-state index is 0.136. The molecule has 2 aromatic rings. The van der Waals surface area contributed by atoms with Gasteiger partial charge in [-0.3, -0.25) is 4.79 Å². The number of benzene rings is 2. The highest BCUT2D eigenvalue weighted by Crippen LogP contribution is 2.30. The number of aryl methyl sites for hydroxylation is 1. The minimum Gasteiger partial charge on any atom is -0.497 e. The maximum atomic E-state index is 13.0. The number of anilines is 1. The highest BCUT2D eigenvalue weighted by atomic mass is 32.2. The van der Waals surface area contributed by atoms with E-state index in [-0.39, 0.29) is 4.90 Å². The van der Waals surface area contributed by atoms with Crippen molar-refractivity contribution >= 4 is 21.6 Å².